The predicted molar refractivity (Wildman–Crippen MR) is 99.6 cm³/mol. The molecule has 0 saturated carbocycles. The van der Waals surface area contributed by atoms with Crippen LogP contribution < -0.4 is 0 Å². The van der Waals surface area contributed by atoms with E-state index in [1.54, 1.807) is 30.3 Å². The van der Waals surface area contributed by atoms with Gasteiger partial charge in [-0.15, -0.1) is 0 Å². The molecule has 0 aliphatic carbocycles. The number of rotatable bonds is 4. The maximum atomic E-state index is 12.0. The molecule has 5 heteroatoms. The number of phenols is 2. The number of hydrogen-bond donors (Lipinski definition) is 2. The van der Waals surface area contributed by atoms with E-state index in [9.17, 15) is 15.0 Å². The number of methoxy groups -OCH3 is 1. The van der Waals surface area contributed by atoms with Gasteiger partial charge in [0.15, 0.2) is 0 Å². The van der Waals surface area contributed by atoms with E-state index in [4.69, 9.17) is 4.74 Å². The van der Waals surface area contributed by atoms with E-state index < -0.39 is 11.4 Å². The number of aromatic hydroxyl groups is 2. The second kappa shape index (κ2) is 8.41. The van der Waals surface area contributed by atoms with Gasteiger partial charge in [-0.25, -0.2) is 4.79 Å². The third kappa shape index (κ3) is 4.06. The Morgan fingerprint density at radius 2 is 1.30 bits per heavy atom. The second-order valence-corrected chi connectivity index (χ2v) is 6.29. The molecule has 0 heterocycles. The Bertz CT molecular complexity index is 872. The molecule has 3 rings (SSSR count). The number of carbonyl (C=O) groups is 1. The van der Waals surface area contributed by atoms with Crippen LogP contribution in [0.1, 0.15) is 34.0 Å². The summed E-state index contributed by atoms with van der Waals surface area (Å²) in [5, 5.41) is 19.3. The first-order valence-corrected chi connectivity index (χ1v) is 8.23. The van der Waals surface area contributed by atoms with Crippen molar-refractivity contribution in [3.8, 4) is 11.5 Å². The third-order valence-electron chi connectivity index (χ3n) is 4.75. The summed E-state index contributed by atoms with van der Waals surface area (Å²) in [6.07, 6.45) is 0. The molecule has 3 aromatic carbocycles. The quantitative estimate of drug-likeness (QED) is 0.390. The Morgan fingerprint density at radius 3 is 1.74 bits per heavy atom. The first kappa shape index (κ1) is 20.7. The van der Waals surface area contributed by atoms with Crippen LogP contribution in [0.2, 0.25) is 0 Å². The summed E-state index contributed by atoms with van der Waals surface area (Å²) in [6, 6.07) is 21.3. The zero-order valence-electron chi connectivity index (χ0n) is 15.0. The van der Waals surface area contributed by atoms with Crippen LogP contribution in [0.4, 0.5) is 0 Å². The monoisotopic (exact) mass is 532 g/mol. The van der Waals surface area contributed by atoms with Crippen molar-refractivity contribution in [3.63, 3.8) is 0 Å². The minimum atomic E-state index is -0.592. The molecular formula is C22H20O4W. The van der Waals surface area contributed by atoms with Gasteiger partial charge in [-0.3, -0.25) is 0 Å². The van der Waals surface area contributed by atoms with Gasteiger partial charge in [0.2, 0.25) is 0 Å². The average Bonchev–Trinajstić information content (AvgIpc) is 2.68. The van der Waals surface area contributed by atoms with Crippen molar-refractivity contribution in [2.45, 2.75) is 12.3 Å². The number of esters is 1. The zero-order chi connectivity index (χ0) is 18.7. The molecule has 0 saturated heterocycles. The molecule has 0 aromatic heterocycles. The topological polar surface area (TPSA) is 66.8 Å². The Labute approximate surface area is 172 Å². The number of phenolic OH excluding ortho intramolecular Hbond substituents is 2. The molecule has 0 bridgehead atoms. The van der Waals surface area contributed by atoms with Crippen LogP contribution in [0, 0.1) is 0 Å². The molecule has 27 heavy (non-hydrogen) atoms. The summed E-state index contributed by atoms with van der Waals surface area (Å²) in [4.78, 5) is 12.0. The predicted octanol–water partition coefficient (Wildman–Crippen LogP) is 4.24. The Kier molecular flexibility index (Phi) is 6.45. The summed E-state index contributed by atoms with van der Waals surface area (Å²) in [5.41, 5.74) is 2.67. The molecule has 2 N–H and O–H groups in total. The molecule has 0 spiro atoms. The largest absolute Gasteiger partial charge is 0.508 e. The van der Waals surface area contributed by atoms with E-state index in [0.29, 0.717) is 5.56 Å². The minimum absolute atomic E-state index is 0. The first-order chi connectivity index (χ1) is 12.4. The fourth-order valence-electron chi connectivity index (χ4n) is 3.16. The smallest absolute Gasteiger partial charge is 0.337 e. The summed E-state index contributed by atoms with van der Waals surface area (Å²) >= 11 is 0. The van der Waals surface area contributed by atoms with Gasteiger partial charge in [0.05, 0.1) is 12.7 Å². The van der Waals surface area contributed by atoms with Gasteiger partial charge in [-0.2, -0.15) is 0 Å². The SMILES string of the molecule is COC(=O)c1cccc(C(C)(c2ccc(O)cc2)c2ccc(O)cc2)c1.[W]. The molecule has 0 atom stereocenters. The second-order valence-electron chi connectivity index (χ2n) is 6.29. The molecule has 0 aliphatic heterocycles. The summed E-state index contributed by atoms with van der Waals surface area (Å²) in [7, 11) is 1.36. The van der Waals surface area contributed by atoms with Crippen molar-refractivity contribution in [2.24, 2.45) is 0 Å². The van der Waals surface area contributed by atoms with Crippen LogP contribution >= 0.6 is 0 Å². The van der Waals surface area contributed by atoms with E-state index in [-0.39, 0.29) is 32.6 Å². The van der Waals surface area contributed by atoms with Crippen LogP contribution in [-0.2, 0) is 31.2 Å². The van der Waals surface area contributed by atoms with Crippen LogP contribution in [0.5, 0.6) is 11.5 Å². The molecule has 0 unspecified atom stereocenters. The van der Waals surface area contributed by atoms with Crippen molar-refractivity contribution in [3.05, 3.63) is 95.1 Å². The van der Waals surface area contributed by atoms with Gasteiger partial charge in [-0.05, 0) is 60.0 Å². The molecule has 3 aromatic rings. The summed E-state index contributed by atoms with van der Waals surface area (Å²) in [5.74, 6) is -0.0270. The Balaban J connectivity index is 0.00000261. The third-order valence-corrected chi connectivity index (χ3v) is 4.75. The summed E-state index contributed by atoms with van der Waals surface area (Å²) < 4.78 is 4.84. The first-order valence-electron chi connectivity index (χ1n) is 8.23. The van der Waals surface area contributed by atoms with Crippen LogP contribution in [-0.4, -0.2) is 23.3 Å². The molecule has 0 radical (unpaired) electrons. The standard InChI is InChI=1S/C22H20O4.W/c1-22(16-6-10-19(23)11-7-16,17-8-12-20(24)13-9-17)18-5-3-4-15(14-18)21(25)26-2;/h3-14,23-24H,1-2H3;. The van der Waals surface area contributed by atoms with E-state index in [0.717, 1.165) is 16.7 Å². The Morgan fingerprint density at radius 1 is 0.815 bits per heavy atom. The molecule has 0 amide bonds. The van der Waals surface area contributed by atoms with Gasteiger partial charge in [0.25, 0.3) is 0 Å². The molecule has 4 nitrogen and oxygen atoms in total. The molecule has 0 fully saturated rings. The van der Waals surface area contributed by atoms with Crippen molar-refractivity contribution in [1.82, 2.24) is 0 Å². The number of hydrogen-bond acceptors (Lipinski definition) is 4. The minimum Gasteiger partial charge on any atom is -0.508 e. The van der Waals surface area contributed by atoms with Crippen molar-refractivity contribution >= 4 is 5.97 Å². The number of carbonyl (C=O) groups excluding carboxylic acids is 1. The van der Waals surface area contributed by atoms with Crippen LogP contribution in [0.3, 0.4) is 0 Å². The average molecular weight is 532 g/mol. The van der Waals surface area contributed by atoms with Gasteiger partial charge >= 0.3 is 5.97 Å². The van der Waals surface area contributed by atoms with Gasteiger partial charge in [-0.1, -0.05) is 36.4 Å². The van der Waals surface area contributed by atoms with E-state index in [2.05, 4.69) is 0 Å². The number of ether oxygens (including phenoxy) is 1. The van der Waals surface area contributed by atoms with Crippen molar-refractivity contribution in [2.75, 3.05) is 7.11 Å². The maximum absolute atomic E-state index is 12.0. The molecule has 0 aliphatic rings. The van der Waals surface area contributed by atoms with E-state index >= 15 is 0 Å². The summed E-state index contributed by atoms with van der Waals surface area (Å²) in [6.45, 7) is 2.04. The molecule has 138 valence electrons. The molecular weight excluding hydrogens is 512 g/mol. The normalized spacial score (nSPS) is 10.7. The fourth-order valence-corrected chi connectivity index (χ4v) is 3.16. The fraction of sp³-hybridized carbons (Fsp3) is 0.136. The zero-order valence-corrected chi connectivity index (χ0v) is 18.0. The van der Waals surface area contributed by atoms with Gasteiger partial charge in [0.1, 0.15) is 11.5 Å². The van der Waals surface area contributed by atoms with Crippen molar-refractivity contribution in [1.29, 1.82) is 0 Å². The van der Waals surface area contributed by atoms with Crippen LogP contribution in [0.15, 0.2) is 72.8 Å². The Hall–Kier alpha value is -2.58. The van der Waals surface area contributed by atoms with E-state index in [1.165, 1.54) is 7.11 Å². The van der Waals surface area contributed by atoms with E-state index in [1.807, 2.05) is 49.4 Å². The van der Waals surface area contributed by atoms with Crippen molar-refractivity contribution < 1.29 is 40.8 Å². The number of benzene rings is 3. The van der Waals surface area contributed by atoms with Gasteiger partial charge < -0.3 is 14.9 Å². The maximum Gasteiger partial charge on any atom is 0.337 e. The van der Waals surface area contributed by atoms with Gasteiger partial charge in [0, 0.05) is 26.5 Å². The van der Waals surface area contributed by atoms with Crippen LogP contribution in [0.25, 0.3) is 0 Å².